The van der Waals surface area contributed by atoms with Crippen LogP contribution < -0.4 is 5.69 Å². The van der Waals surface area contributed by atoms with Crippen LogP contribution in [0.2, 0.25) is 0 Å². The van der Waals surface area contributed by atoms with E-state index < -0.39 is 0 Å². The van der Waals surface area contributed by atoms with Crippen LogP contribution in [0.4, 0.5) is 0 Å². The highest BCUT2D eigenvalue weighted by atomic mass is 32.1. The second kappa shape index (κ2) is 4.57. The molecule has 0 atom stereocenters. The minimum absolute atomic E-state index is 0.0526. The number of aromatic hydroxyl groups is 1. The van der Waals surface area contributed by atoms with E-state index in [1.165, 1.54) is 4.57 Å². The van der Waals surface area contributed by atoms with Gasteiger partial charge in [-0.1, -0.05) is 6.92 Å². The molecule has 0 saturated carbocycles. The van der Waals surface area contributed by atoms with Gasteiger partial charge in [-0.05, 0) is 27.2 Å². The molecule has 1 rings (SSSR count). The Bertz CT molecular complexity index is 426. The van der Waals surface area contributed by atoms with Crippen LogP contribution in [0.25, 0.3) is 0 Å². The van der Waals surface area contributed by atoms with E-state index in [9.17, 15) is 9.90 Å². The molecular weight excluding hydrogens is 224 g/mol. The molecule has 0 fully saturated rings. The first-order chi connectivity index (χ1) is 7.34. The number of rotatable bonds is 3. The van der Waals surface area contributed by atoms with E-state index in [4.69, 9.17) is 0 Å². The van der Waals surface area contributed by atoms with E-state index in [1.54, 1.807) is 4.57 Å². The molecule has 4 nitrogen and oxygen atoms in total. The van der Waals surface area contributed by atoms with Crippen LogP contribution in [-0.2, 0) is 17.8 Å². The first-order valence-corrected chi connectivity index (χ1v) is 6.12. The molecule has 0 unspecified atom stereocenters. The molecular formula is C11H20N2O2S. The molecule has 0 amide bonds. The Morgan fingerprint density at radius 1 is 1.38 bits per heavy atom. The van der Waals surface area contributed by atoms with Gasteiger partial charge in [0.05, 0.1) is 5.69 Å². The fourth-order valence-corrected chi connectivity index (χ4v) is 2.12. The van der Waals surface area contributed by atoms with Crippen LogP contribution in [0.3, 0.4) is 0 Å². The predicted molar refractivity (Wildman–Crippen MR) is 68.3 cm³/mol. The Morgan fingerprint density at radius 2 is 1.94 bits per heavy atom. The average molecular weight is 244 g/mol. The summed E-state index contributed by atoms with van der Waals surface area (Å²) in [5.74, 6) is 0.409. The normalized spacial score (nSPS) is 12.1. The van der Waals surface area contributed by atoms with Crippen molar-refractivity contribution in [2.75, 3.05) is 0 Å². The summed E-state index contributed by atoms with van der Waals surface area (Å²) in [6.07, 6.45) is 0.813. The number of imidazole rings is 1. The zero-order valence-electron chi connectivity index (χ0n) is 10.3. The topological polar surface area (TPSA) is 47.2 Å². The van der Waals surface area contributed by atoms with Gasteiger partial charge in [0.2, 0.25) is 5.88 Å². The van der Waals surface area contributed by atoms with E-state index in [2.05, 4.69) is 12.6 Å². The summed E-state index contributed by atoms with van der Waals surface area (Å²) < 4.78 is 3.03. The maximum absolute atomic E-state index is 12.1. The summed E-state index contributed by atoms with van der Waals surface area (Å²) in [5.41, 5.74) is 0.0937. The minimum atomic E-state index is -0.342. The monoisotopic (exact) mass is 244 g/mol. The number of hydrogen-bond donors (Lipinski definition) is 2. The van der Waals surface area contributed by atoms with Crippen LogP contribution in [0.1, 0.15) is 39.8 Å². The number of thiol groups is 1. The third-order valence-electron chi connectivity index (χ3n) is 2.47. The van der Waals surface area contributed by atoms with Crippen molar-refractivity contribution >= 4 is 12.6 Å². The molecule has 1 aromatic rings. The second-order valence-electron chi connectivity index (χ2n) is 4.87. The highest BCUT2D eigenvalue weighted by Crippen LogP contribution is 2.24. The van der Waals surface area contributed by atoms with Crippen LogP contribution in [-0.4, -0.2) is 14.2 Å². The molecule has 0 radical (unpaired) electrons. The van der Waals surface area contributed by atoms with Crippen molar-refractivity contribution in [3.8, 4) is 5.88 Å². The molecule has 16 heavy (non-hydrogen) atoms. The Morgan fingerprint density at radius 3 is 2.25 bits per heavy atom. The van der Waals surface area contributed by atoms with Crippen molar-refractivity contribution in [2.24, 2.45) is 0 Å². The van der Waals surface area contributed by atoms with E-state index in [1.807, 2.05) is 27.7 Å². The van der Waals surface area contributed by atoms with Crippen molar-refractivity contribution in [1.82, 2.24) is 9.13 Å². The zero-order valence-corrected chi connectivity index (χ0v) is 11.2. The zero-order chi connectivity index (χ0) is 12.5. The average Bonchev–Trinajstić information content (AvgIpc) is 2.41. The third kappa shape index (κ3) is 2.14. The molecule has 1 aromatic heterocycles. The Balaban J connectivity index is 3.49. The van der Waals surface area contributed by atoms with Gasteiger partial charge >= 0.3 is 5.69 Å². The largest absolute Gasteiger partial charge is 0.493 e. The number of nitrogens with zero attached hydrogens (tertiary/aromatic N) is 2. The summed E-state index contributed by atoms with van der Waals surface area (Å²) in [6, 6.07) is 0. The maximum atomic E-state index is 12.1. The molecule has 0 aliphatic heterocycles. The molecule has 0 aliphatic carbocycles. The fraction of sp³-hybridized carbons (Fsp3) is 0.727. The lowest BCUT2D eigenvalue weighted by atomic mass is 10.1. The van der Waals surface area contributed by atoms with Crippen molar-refractivity contribution in [3.63, 3.8) is 0 Å². The standard InChI is InChI=1S/C11H20N2O2S/c1-5-6-12-9(14)8(7-16)13(10(12)15)11(2,3)4/h14,16H,5-7H2,1-4H3. The van der Waals surface area contributed by atoms with Crippen molar-refractivity contribution in [1.29, 1.82) is 0 Å². The van der Waals surface area contributed by atoms with Crippen LogP contribution in [0.5, 0.6) is 5.88 Å². The van der Waals surface area contributed by atoms with Crippen LogP contribution in [0, 0.1) is 0 Å². The summed E-state index contributed by atoms with van der Waals surface area (Å²) in [6.45, 7) is 8.33. The van der Waals surface area contributed by atoms with Crippen LogP contribution >= 0.6 is 12.6 Å². The van der Waals surface area contributed by atoms with E-state index in [-0.39, 0.29) is 17.1 Å². The quantitative estimate of drug-likeness (QED) is 0.798. The highest BCUT2D eigenvalue weighted by molar-refractivity contribution is 7.79. The highest BCUT2D eigenvalue weighted by Gasteiger charge is 2.25. The van der Waals surface area contributed by atoms with Crippen molar-refractivity contribution in [2.45, 2.75) is 52.0 Å². The molecule has 0 aromatic carbocycles. The van der Waals surface area contributed by atoms with Gasteiger partial charge in [-0.2, -0.15) is 12.6 Å². The lowest BCUT2D eigenvalue weighted by molar-refractivity contribution is 0.370. The predicted octanol–water partition coefficient (Wildman–Crippen LogP) is 1.95. The van der Waals surface area contributed by atoms with Crippen molar-refractivity contribution < 1.29 is 5.11 Å². The lowest BCUT2D eigenvalue weighted by Crippen LogP contribution is -2.35. The second-order valence-corrected chi connectivity index (χ2v) is 5.19. The Labute approximate surface area is 101 Å². The molecule has 0 aliphatic rings. The summed E-state index contributed by atoms with van der Waals surface area (Å²) in [5, 5.41) is 9.98. The Kier molecular flexibility index (Phi) is 3.78. The van der Waals surface area contributed by atoms with Gasteiger partial charge in [0.25, 0.3) is 0 Å². The van der Waals surface area contributed by atoms with E-state index in [0.29, 0.717) is 18.0 Å². The lowest BCUT2D eigenvalue weighted by Gasteiger charge is -2.21. The minimum Gasteiger partial charge on any atom is -0.493 e. The van der Waals surface area contributed by atoms with Crippen LogP contribution in [0.15, 0.2) is 4.79 Å². The molecule has 0 spiro atoms. The van der Waals surface area contributed by atoms with Gasteiger partial charge < -0.3 is 5.11 Å². The van der Waals surface area contributed by atoms with Gasteiger partial charge in [-0.15, -0.1) is 0 Å². The van der Waals surface area contributed by atoms with Gasteiger partial charge in [-0.3, -0.25) is 9.13 Å². The molecule has 5 heteroatoms. The van der Waals surface area contributed by atoms with E-state index >= 15 is 0 Å². The SMILES string of the molecule is CCCn1c(O)c(CS)n(C(C)(C)C)c1=O. The smallest absolute Gasteiger partial charge is 0.331 e. The summed E-state index contributed by atoms with van der Waals surface area (Å²) in [7, 11) is 0. The number of aromatic nitrogens is 2. The number of hydrogen-bond acceptors (Lipinski definition) is 3. The first kappa shape index (κ1) is 13.2. The fourth-order valence-electron chi connectivity index (χ4n) is 1.84. The van der Waals surface area contributed by atoms with Gasteiger partial charge in [0.1, 0.15) is 0 Å². The van der Waals surface area contributed by atoms with Gasteiger partial charge in [0, 0.05) is 17.8 Å². The third-order valence-corrected chi connectivity index (χ3v) is 2.77. The summed E-state index contributed by atoms with van der Waals surface area (Å²) in [4.78, 5) is 12.1. The summed E-state index contributed by atoms with van der Waals surface area (Å²) >= 11 is 4.18. The first-order valence-electron chi connectivity index (χ1n) is 5.49. The molecule has 0 saturated heterocycles. The van der Waals surface area contributed by atoms with Gasteiger partial charge in [0.15, 0.2) is 0 Å². The maximum Gasteiger partial charge on any atom is 0.331 e. The van der Waals surface area contributed by atoms with E-state index in [0.717, 1.165) is 6.42 Å². The molecule has 92 valence electrons. The van der Waals surface area contributed by atoms with Gasteiger partial charge in [-0.25, -0.2) is 4.79 Å². The Hall–Kier alpha value is -0.840. The molecule has 0 bridgehead atoms. The van der Waals surface area contributed by atoms with Crippen molar-refractivity contribution in [3.05, 3.63) is 16.2 Å². The molecule has 1 heterocycles. The molecule has 1 N–H and O–H groups in total.